The summed E-state index contributed by atoms with van der Waals surface area (Å²) in [4.78, 5) is 37.9. The van der Waals surface area contributed by atoms with Gasteiger partial charge >= 0.3 is 6.03 Å². The van der Waals surface area contributed by atoms with Crippen LogP contribution in [0.2, 0.25) is 0 Å². The number of aryl methyl sites for hydroxylation is 1. The van der Waals surface area contributed by atoms with Crippen LogP contribution in [-0.4, -0.2) is 41.8 Å². The summed E-state index contributed by atoms with van der Waals surface area (Å²) in [5.41, 5.74) is 0.761. The largest absolute Gasteiger partial charge is 0.345 e. The third kappa shape index (κ3) is 5.40. The Morgan fingerprint density at radius 2 is 1.93 bits per heavy atom. The molecule has 3 rings (SSSR count). The molecule has 2 N–H and O–H groups in total. The van der Waals surface area contributed by atoms with Crippen molar-refractivity contribution in [1.29, 1.82) is 0 Å². The molecule has 1 heterocycles. The zero-order valence-electron chi connectivity index (χ0n) is 16.3. The smallest absolute Gasteiger partial charge is 0.322 e. The highest BCUT2D eigenvalue weighted by Gasteiger charge is 2.35. The van der Waals surface area contributed by atoms with Crippen LogP contribution in [-0.2, 0) is 16.0 Å². The molecule has 0 aromatic heterocycles. The molecule has 0 unspecified atom stereocenters. The van der Waals surface area contributed by atoms with Gasteiger partial charge in [-0.3, -0.25) is 4.79 Å². The Morgan fingerprint density at radius 3 is 2.67 bits per heavy atom. The molecular weight excluding hydrogens is 392 g/mol. The molecule has 1 saturated heterocycles. The van der Waals surface area contributed by atoms with Crippen molar-refractivity contribution in [3.63, 3.8) is 0 Å². The standard InChI is InChI=1S/C22H23F2N3O3/c23-16-9-11-18(24)19(13-16)26-22(30)27-12-4-7-20(27)21(29)25-17(14-28)10-8-15-5-2-1-3-6-15/h1-3,5-6,9,11,13-14,17,20H,4,7-8,10,12H2,(H,25,29)(H,26,30)/t17-,20-/m0/s1. The zero-order chi connectivity index (χ0) is 21.5. The van der Waals surface area contributed by atoms with Gasteiger partial charge in [0.1, 0.15) is 24.0 Å². The summed E-state index contributed by atoms with van der Waals surface area (Å²) in [6.45, 7) is 0.302. The quantitative estimate of drug-likeness (QED) is 0.682. The van der Waals surface area contributed by atoms with Gasteiger partial charge in [-0.1, -0.05) is 30.3 Å². The van der Waals surface area contributed by atoms with E-state index in [1.807, 2.05) is 30.3 Å². The lowest BCUT2D eigenvalue weighted by Crippen LogP contribution is -2.50. The third-order valence-corrected chi connectivity index (χ3v) is 5.07. The fourth-order valence-electron chi connectivity index (χ4n) is 3.48. The highest BCUT2D eigenvalue weighted by molar-refractivity contribution is 5.94. The van der Waals surface area contributed by atoms with Crippen LogP contribution in [0.15, 0.2) is 48.5 Å². The number of benzene rings is 2. The second-order valence-corrected chi connectivity index (χ2v) is 7.18. The Morgan fingerprint density at radius 1 is 1.17 bits per heavy atom. The van der Waals surface area contributed by atoms with Crippen LogP contribution in [0.5, 0.6) is 0 Å². The number of nitrogens with zero attached hydrogens (tertiary/aromatic N) is 1. The van der Waals surface area contributed by atoms with Crippen molar-refractivity contribution in [2.24, 2.45) is 0 Å². The molecule has 2 aromatic carbocycles. The minimum Gasteiger partial charge on any atom is -0.345 e. The number of urea groups is 1. The summed E-state index contributed by atoms with van der Waals surface area (Å²) < 4.78 is 27.1. The van der Waals surface area contributed by atoms with E-state index in [2.05, 4.69) is 10.6 Å². The van der Waals surface area contributed by atoms with Crippen LogP contribution in [0.4, 0.5) is 19.3 Å². The number of nitrogens with one attached hydrogen (secondary N) is 2. The van der Waals surface area contributed by atoms with Gasteiger partial charge in [0.2, 0.25) is 5.91 Å². The molecule has 0 aliphatic carbocycles. The summed E-state index contributed by atoms with van der Waals surface area (Å²) in [6.07, 6.45) is 2.76. The highest BCUT2D eigenvalue weighted by Crippen LogP contribution is 2.21. The van der Waals surface area contributed by atoms with Crippen LogP contribution in [0.3, 0.4) is 0 Å². The fourth-order valence-corrected chi connectivity index (χ4v) is 3.48. The molecular formula is C22H23F2N3O3. The molecule has 2 aromatic rings. The van der Waals surface area contributed by atoms with Crippen molar-refractivity contribution in [3.05, 3.63) is 65.7 Å². The molecule has 1 fully saturated rings. The molecule has 3 amide bonds. The van der Waals surface area contributed by atoms with E-state index >= 15 is 0 Å². The average Bonchev–Trinajstić information content (AvgIpc) is 3.24. The van der Waals surface area contributed by atoms with E-state index < -0.39 is 35.7 Å². The number of aldehydes is 1. The lowest BCUT2D eigenvalue weighted by molar-refractivity contribution is -0.127. The third-order valence-electron chi connectivity index (χ3n) is 5.07. The van der Waals surface area contributed by atoms with Crippen molar-refractivity contribution < 1.29 is 23.2 Å². The second kappa shape index (κ2) is 9.96. The first kappa shape index (κ1) is 21.4. The van der Waals surface area contributed by atoms with Crippen molar-refractivity contribution >= 4 is 23.9 Å². The summed E-state index contributed by atoms with van der Waals surface area (Å²) in [7, 11) is 0. The topological polar surface area (TPSA) is 78.5 Å². The van der Waals surface area contributed by atoms with E-state index in [9.17, 15) is 23.2 Å². The summed E-state index contributed by atoms with van der Waals surface area (Å²) >= 11 is 0. The van der Waals surface area contributed by atoms with Gasteiger partial charge in [-0.05, 0) is 43.4 Å². The van der Waals surface area contributed by atoms with E-state index in [4.69, 9.17) is 0 Å². The van der Waals surface area contributed by atoms with Gasteiger partial charge in [-0.2, -0.15) is 0 Å². The molecule has 0 spiro atoms. The second-order valence-electron chi connectivity index (χ2n) is 7.18. The van der Waals surface area contributed by atoms with Crippen LogP contribution in [0.25, 0.3) is 0 Å². The number of carbonyl (C=O) groups excluding carboxylic acids is 3. The van der Waals surface area contributed by atoms with Gasteiger partial charge in [-0.25, -0.2) is 13.6 Å². The average molecular weight is 415 g/mol. The summed E-state index contributed by atoms with van der Waals surface area (Å²) in [5, 5.41) is 5.00. The number of hydrogen-bond acceptors (Lipinski definition) is 3. The molecule has 1 aliphatic rings. The van der Waals surface area contributed by atoms with Crippen molar-refractivity contribution in [2.75, 3.05) is 11.9 Å². The Bertz CT molecular complexity index is 908. The van der Waals surface area contributed by atoms with E-state index in [-0.39, 0.29) is 5.69 Å². The maximum absolute atomic E-state index is 13.8. The van der Waals surface area contributed by atoms with Crippen molar-refractivity contribution in [1.82, 2.24) is 10.2 Å². The number of anilines is 1. The van der Waals surface area contributed by atoms with E-state index in [1.165, 1.54) is 4.90 Å². The number of likely N-dealkylation sites (tertiary alicyclic amines) is 1. The Hall–Kier alpha value is -3.29. The summed E-state index contributed by atoms with van der Waals surface area (Å²) in [5.74, 6) is -1.89. The molecule has 0 saturated carbocycles. The van der Waals surface area contributed by atoms with Gasteiger partial charge < -0.3 is 20.3 Å². The Kier molecular flexibility index (Phi) is 7.11. The monoisotopic (exact) mass is 415 g/mol. The van der Waals surface area contributed by atoms with E-state index in [0.717, 1.165) is 23.8 Å². The SMILES string of the molecule is O=C[C@H](CCc1ccccc1)NC(=O)[C@@H]1CCCN1C(=O)Nc1cc(F)ccc1F. The minimum atomic E-state index is -0.777. The molecule has 1 aliphatic heterocycles. The van der Waals surface area contributed by atoms with Crippen molar-refractivity contribution in [3.8, 4) is 0 Å². The molecule has 2 atom stereocenters. The fraction of sp³-hybridized carbons (Fsp3) is 0.318. The highest BCUT2D eigenvalue weighted by atomic mass is 19.1. The van der Waals surface area contributed by atoms with Crippen LogP contribution in [0.1, 0.15) is 24.8 Å². The molecule has 0 radical (unpaired) electrons. The Balaban J connectivity index is 1.59. The number of hydrogen-bond donors (Lipinski definition) is 2. The van der Waals surface area contributed by atoms with Gasteiger partial charge in [0.05, 0.1) is 11.7 Å². The summed E-state index contributed by atoms with van der Waals surface area (Å²) in [6, 6.07) is 10.2. The van der Waals surface area contributed by atoms with Gasteiger partial charge in [0.25, 0.3) is 0 Å². The Labute approximate surface area is 173 Å². The maximum Gasteiger partial charge on any atom is 0.322 e. The van der Waals surface area contributed by atoms with Crippen molar-refractivity contribution in [2.45, 2.75) is 37.8 Å². The molecule has 6 nitrogen and oxygen atoms in total. The molecule has 8 heteroatoms. The van der Waals surface area contributed by atoms with Gasteiger partial charge in [0.15, 0.2) is 0 Å². The lowest BCUT2D eigenvalue weighted by atomic mass is 10.1. The predicted octanol–water partition coefficient (Wildman–Crippen LogP) is 3.28. The number of halogens is 2. The first-order valence-corrected chi connectivity index (χ1v) is 9.80. The first-order chi connectivity index (χ1) is 14.5. The van der Waals surface area contributed by atoms with E-state index in [1.54, 1.807) is 0 Å². The zero-order valence-corrected chi connectivity index (χ0v) is 16.3. The maximum atomic E-state index is 13.8. The molecule has 158 valence electrons. The number of rotatable bonds is 7. The molecule has 0 bridgehead atoms. The van der Waals surface area contributed by atoms with Crippen LogP contribution in [0, 0.1) is 11.6 Å². The number of amides is 3. The van der Waals surface area contributed by atoms with Crippen LogP contribution < -0.4 is 10.6 Å². The minimum absolute atomic E-state index is 0.292. The predicted molar refractivity (Wildman–Crippen MR) is 108 cm³/mol. The van der Waals surface area contributed by atoms with Crippen LogP contribution >= 0.6 is 0 Å². The number of carbonyl (C=O) groups is 3. The van der Waals surface area contributed by atoms with Gasteiger partial charge in [0, 0.05) is 12.6 Å². The molecule has 30 heavy (non-hydrogen) atoms. The normalized spacial score (nSPS) is 16.7. The van der Waals surface area contributed by atoms with Gasteiger partial charge in [-0.15, -0.1) is 0 Å². The lowest BCUT2D eigenvalue weighted by Gasteiger charge is -2.25. The first-order valence-electron chi connectivity index (χ1n) is 9.80. The van der Waals surface area contributed by atoms with E-state index in [0.29, 0.717) is 38.5 Å².